The number of rotatable bonds is 3. The highest BCUT2D eigenvalue weighted by molar-refractivity contribution is 6.30. The molecule has 1 aromatic heterocycles. The fourth-order valence-corrected chi connectivity index (χ4v) is 2.74. The summed E-state index contributed by atoms with van der Waals surface area (Å²) < 4.78 is 0. The van der Waals surface area contributed by atoms with E-state index in [0.29, 0.717) is 5.88 Å². The second kappa shape index (κ2) is 6.50. The van der Waals surface area contributed by atoms with Gasteiger partial charge in [-0.05, 0) is 18.2 Å². The highest BCUT2D eigenvalue weighted by Crippen LogP contribution is 2.21. The van der Waals surface area contributed by atoms with Crippen molar-refractivity contribution in [2.24, 2.45) is 0 Å². The number of nitrogens with zero attached hydrogens (tertiary/aromatic N) is 4. The van der Waals surface area contributed by atoms with Crippen molar-refractivity contribution in [3.05, 3.63) is 47.2 Å². The number of hydrogen-bond acceptors (Lipinski definition) is 4. The van der Waals surface area contributed by atoms with Crippen molar-refractivity contribution in [1.29, 1.82) is 0 Å². The van der Waals surface area contributed by atoms with Gasteiger partial charge in [0.1, 0.15) is 0 Å². The van der Waals surface area contributed by atoms with Gasteiger partial charge >= 0.3 is 0 Å². The molecule has 3 rings (SSSR count). The van der Waals surface area contributed by atoms with Crippen LogP contribution in [0.1, 0.15) is 5.56 Å². The van der Waals surface area contributed by atoms with E-state index in [-0.39, 0.29) is 0 Å². The molecule has 1 fully saturated rings. The van der Waals surface area contributed by atoms with Gasteiger partial charge in [-0.25, -0.2) is 9.97 Å². The lowest BCUT2D eigenvalue weighted by Gasteiger charge is -2.36. The Morgan fingerprint density at radius 2 is 1.67 bits per heavy atom. The van der Waals surface area contributed by atoms with E-state index in [9.17, 15) is 0 Å². The Morgan fingerprint density at radius 1 is 1.00 bits per heavy atom. The minimum absolute atomic E-state index is 0.447. The zero-order chi connectivity index (χ0) is 14.7. The Morgan fingerprint density at radius 3 is 2.29 bits per heavy atom. The molecule has 0 bridgehead atoms. The number of alkyl halides is 1. The predicted octanol–water partition coefficient (Wildman–Crippen LogP) is 3.20. The molecule has 6 heteroatoms. The summed E-state index contributed by atoms with van der Waals surface area (Å²) in [6.07, 6.45) is 3.58. The van der Waals surface area contributed by atoms with Gasteiger partial charge in [0, 0.05) is 54.8 Å². The van der Waals surface area contributed by atoms with Crippen molar-refractivity contribution >= 4 is 34.8 Å². The molecule has 0 aliphatic carbocycles. The highest BCUT2D eigenvalue weighted by atomic mass is 35.5. The van der Waals surface area contributed by atoms with Crippen LogP contribution in [-0.4, -0.2) is 36.1 Å². The van der Waals surface area contributed by atoms with Gasteiger partial charge in [0.25, 0.3) is 0 Å². The maximum absolute atomic E-state index is 6.05. The summed E-state index contributed by atoms with van der Waals surface area (Å²) in [5.41, 5.74) is 2.11. The third-order valence-electron chi connectivity index (χ3n) is 3.58. The molecular formula is C15H16Cl2N4. The molecule has 0 unspecified atom stereocenters. The summed E-state index contributed by atoms with van der Waals surface area (Å²) in [6, 6.07) is 7.97. The summed E-state index contributed by atoms with van der Waals surface area (Å²) in [7, 11) is 0. The molecule has 4 nitrogen and oxygen atoms in total. The largest absolute Gasteiger partial charge is 0.368 e. The minimum Gasteiger partial charge on any atom is -0.368 e. The SMILES string of the molecule is ClCc1cnc(N2CCN(c3cccc(Cl)c3)CC2)nc1. The Balaban J connectivity index is 1.64. The molecule has 0 amide bonds. The molecule has 0 spiro atoms. The smallest absolute Gasteiger partial charge is 0.225 e. The highest BCUT2D eigenvalue weighted by Gasteiger charge is 2.19. The zero-order valence-electron chi connectivity index (χ0n) is 11.5. The van der Waals surface area contributed by atoms with Crippen LogP contribution >= 0.6 is 23.2 Å². The van der Waals surface area contributed by atoms with E-state index < -0.39 is 0 Å². The Labute approximate surface area is 134 Å². The van der Waals surface area contributed by atoms with E-state index in [1.54, 1.807) is 12.4 Å². The second-order valence-electron chi connectivity index (χ2n) is 4.98. The Kier molecular flexibility index (Phi) is 4.46. The average molecular weight is 323 g/mol. The van der Waals surface area contributed by atoms with Gasteiger partial charge < -0.3 is 9.80 Å². The van der Waals surface area contributed by atoms with E-state index in [1.807, 2.05) is 18.2 Å². The standard InChI is InChI=1S/C15H16Cl2N4/c16-9-12-10-18-15(19-11-12)21-6-4-20(5-7-21)14-3-1-2-13(17)8-14/h1-3,8,10-11H,4-7,9H2. The van der Waals surface area contributed by atoms with Crippen molar-refractivity contribution in [2.75, 3.05) is 36.0 Å². The molecule has 0 saturated carbocycles. The van der Waals surface area contributed by atoms with E-state index in [2.05, 4.69) is 25.8 Å². The summed E-state index contributed by atoms with van der Waals surface area (Å²) in [5, 5.41) is 0.773. The van der Waals surface area contributed by atoms with Crippen LogP contribution in [0.25, 0.3) is 0 Å². The maximum atomic E-state index is 6.05. The predicted molar refractivity (Wildman–Crippen MR) is 87.5 cm³/mol. The van der Waals surface area contributed by atoms with Crippen LogP contribution < -0.4 is 9.80 Å². The van der Waals surface area contributed by atoms with Crippen LogP contribution in [0.3, 0.4) is 0 Å². The van der Waals surface area contributed by atoms with Crippen LogP contribution in [0.2, 0.25) is 5.02 Å². The van der Waals surface area contributed by atoms with E-state index in [0.717, 1.165) is 42.7 Å². The minimum atomic E-state index is 0.447. The number of aromatic nitrogens is 2. The van der Waals surface area contributed by atoms with E-state index in [4.69, 9.17) is 23.2 Å². The lowest BCUT2D eigenvalue weighted by Crippen LogP contribution is -2.47. The van der Waals surface area contributed by atoms with Gasteiger partial charge in [0.05, 0.1) is 5.88 Å². The third kappa shape index (κ3) is 3.39. The molecule has 1 aromatic carbocycles. The fourth-order valence-electron chi connectivity index (χ4n) is 2.42. The van der Waals surface area contributed by atoms with Crippen LogP contribution in [0.5, 0.6) is 0 Å². The van der Waals surface area contributed by atoms with Gasteiger partial charge in [-0.1, -0.05) is 17.7 Å². The first-order valence-corrected chi connectivity index (χ1v) is 7.80. The molecule has 0 N–H and O–H groups in total. The summed E-state index contributed by atoms with van der Waals surface area (Å²) >= 11 is 11.8. The Bertz CT molecular complexity index is 595. The molecule has 2 heterocycles. The maximum Gasteiger partial charge on any atom is 0.225 e. The third-order valence-corrected chi connectivity index (χ3v) is 4.13. The molecule has 2 aromatic rings. The summed E-state index contributed by atoms with van der Waals surface area (Å²) in [6.45, 7) is 3.65. The molecule has 1 aliphatic heterocycles. The summed E-state index contributed by atoms with van der Waals surface area (Å²) in [4.78, 5) is 13.3. The van der Waals surface area contributed by atoms with Crippen LogP contribution in [-0.2, 0) is 5.88 Å². The zero-order valence-corrected chi connectivity index (χ0v) is 13.1. The van der Waals surface area contributed by atoms with Gasteiger partial charge in [-0.2, -0.15) is 0 Å². The quantitative estimate of drug-likeness (QED) is 0.812. The first-order valence-electron chi connectivity index (χ1n) is 6.88. The van der Waals surface area contributed by atoms with Crippen LogP contribution in [0.4, 0.5) is 11.6 Å². The van der Waals surface area contributed by atoms with Crippen molar-refractivity contribution in [3.8, 4) is 0 Å². The van der Waals surface area contributed by atoms with Gasteiger partial charge in [0.15, 0.2) is 0 Å². The molecule has 110 valence electrons. The van der Waals surface area contributed by atoms with Crippen molar-refractivity contribution in [1.82, 2.24) is 9.97 Å². The molecule has 0 atom stereocenters. The first-order chi connectivity index (χ1) is 10.3. The molecule has 1 saturated heterocycles. The first kappa shape index (κ1) is 14.4. The number of hydrogen-bond donors (Lipinski definition) is 0. The van der Waals surface area contributed by atoms with Gasteiger partial charge in [-0.3, -0.25) is 0 Å². The Hall–Kier alpha value is -1.52. The monoisotopic (exact) mass is 322 g/mol. The molecular weight excluding hydrogens is 307 g/mol. The van der Waals surface area contributed by atoms with E-state index in [1.165, 1.54) is 5.69 Å². The van der Waals surface area contributed by atoms with Crippen LogP contribution in [0.15, 0.2) is 36.7 Å². The topological polar surface area (TPSA) is 32.3 Å². The lowest BCUT2D eigenvalue weighted by molar-refractivity contribution is 0.639. The summed E-state index contributed by atoms with van der Waals surface area (Å²) in [5.74, 6) is 1.22. The molecule has 0 radical (unpaired) electrons. The van der Waals surface area contributed by atoms with Crippen molar-refractivity contribution in [3.63, 3.8) is 0 Å². The molecule has 21 heavy (non-hydrogen) atoms. The van der Waals surface area contributed by atoms with Gasteiger partial charge in [0.2, 0.25) is 5.95 Å². The normalized spacial score (nSPS) is 15.3. The van der Waals surface area contributed by atoms with Crippen LogP contribution in [0, 0.1) is 0 Å². The second-order valence-corrected chi connectivity index (χ2v) is 5.68. The van der Waals surface area contributed by atoms with E-state index >= 15 is 0 Å². The number of benzene rings is 1. The number of halogens is 2. The van der Waals surface area contributed by atoms with Crippen molar-refractivity contribution < 1.29 is 0 Å². The van der Waals surface area contributed by atoms with Gasteiger partial charge in [-0.15, -0.1) is 11.6 Å². The average Bonchev–Trinajstić information content (AvgIpc) is 2.55. The lowest BCUT2D eigenvalue weighted by atomic mass is 10.2. The van der Waals surface area contributed by atoms with Crippen molar-refractivity contribution in [2.45, 2.75) is 5.88 Å². The number of anilines is 2. The fraction of sp³-hybridized carbons (Fsp3) is 0.333. The number of piperazine rings is 1. The molecule has 1 aliphatic rings.